The molecule has 0 radical (unpaired) electrons. The molecule has 2 aromatic heterocycles. The number of furan rings is 1. The van der Waals surface area contributed by atoms with E-state index in [4.69, 9.17) is 4.42 Å². The van der Waals surface area contributed by atoms with E-state index in [9.17, 15) is 0 Å². The monoisotopic (exact) mass is 516 g/mol. The van der Waals surface area contributed by atoms with Gasteiger partial charge in [0.1, 0.15) is 18.2 Å². The normalized spacial score (nSPS) is 14.7. The smallest absolute Gasteiger partial charge is 0.216 e. The molecule has 0 saturated carbocycles. The van der Waals surface area contributed by atoms with Crippen molar-refractivity contribution in [2.24, 2.45) is 17.9 Å². The average Bonchev–Trinajstić information content (AvgIpc) is 3.32. The van der Waals surface area contributed by atoms with Crippen LogP contribution in [0.3, 0.4) is 0 Å². The number of nitrogens with zero attached hydrogens (tertiary/aromatic N) is 1. The minimum Gasteiger partial charge on any atom is -0.454 e. The third-order valence-corrected chi connectivity index (χ3v) is 8.45. The van der Waals surface area contributed by atoms with Gasteiger partial charge in [-0.15, -0.1) is 0 Å². The summed E-state index contributed by atoms with van der Waals surface area (Å²) < 4.78 is 9.27. The zero-order valence-electron chi connectivity index (χ0n) is 25.1. The lowest BCUT2D eigenvalue weighted by atomic mass is 9.62. The van der Waals surface area contributed by atoms with Crippen molar-refractivity contribution in [3.63, 3.8) is 0 Å². The molecule has 0 amide bonds. The molecule has 6 rings (SSSR count). The summed E-state index contributed by atoms with van der Waals surface area (Å²) in [4.78, 5) is 0. The minimum atomic E-state index is -0.0578. The Morgan fingerprint density at radius 1 is 0.692 bits per heavy atom. The fraction of sp³-hybridized carbons (Fsp3) is 0.378. The van der Waals surface area contributed by atoms with Crippen molar-refractivity contribution < 1.29 is 8.98 Å². The molecule has 2 nitrogen and oxygen atoms in total. The fourth-order valence-electron chi connectivity index (χ4n) is 7.51. The largest absolute Gasteiger partial charge is 0.454 e. The number of rotatable bonds is 3. The van der Waals surface area contributed by atoms with E-state index in [0.717, 1.165) is 24.0 Å². The number of hydrogen-bond acceptors (Lipinski definition) is 1. The molecule has 5 aromatic rings. The summed E-state index contributed by atoms with van der Waals surface area (Å²) in [7, 11) is 2.13. The molecular formula is C37H42NO+. The average molecular weight is 517 g/mol. The zero-order chi connectivity index (χ0) is 27.9. The van der Waals surface area contributed by atoms with E-state index in [1.807, 2.05) is 0 Å². The Hall–Kier alpha value is -3.39. The van der Waals surface area contributed by atoms with E-state index in [1.54, 1.807) is 0 Å². The summed E-state index contributed by atoms with van der Waals surface area (Å²) in [6, 6.07) is 22.8. The molecule has 2 heteroatoms. The molecule has 0 saturated heterocycles. The number of benzene rings is 3. The van der Waals surface area contributed by atoms with Crippen LogP contribution in [0.25, 0.3) is 44.3 Å². The molecule has 200 valence electrons. The Kier molecular flexibility index (Phi) is 5.67. The van der Waals surface area contributed by atoms with E-state index in [1.165, 1.54) is 55.4 Å². The molecule has 39 heavy (non-hydrogen) atoms. The first-order valence-corrected chi connectivity index (χ1v) is 14.3. The first kappa shape index (κ1) is 25.9. The quantitative estimate of drug-likeness (QED) is 0.218. The first-order valence-electron chi connectivity index (χ1n) is 14.3. The Labute approximate surface area is 233 Å². The van der Waals surface area contributed by atoms with Crippen LogP contribution in [0.5, 0.6) is 0 Å². The van der Waals surface area contributed by atoms with Crippen molar-refractivity contribution in [1.29, 1.82) is 0 Å². The van der Waals surface area contributed by atoms with E-state index < -0.39 is 0 Å². The Morgan fingerprint density at radius 2 is 1.31 bits per heavy atom. The SMILES string of the molecule is Cc1ccc(-c2c(C)ccc3c2oc2c4c(ccc23)C(CC(C)(C)C)(CC(C)(C)C)c2ccccc2-4)[n+](C)c1. The first-order chi connectivity index (χ1) is 18.3. The fourth-order valence-corrected chi connectivity index (χ4v) is 7.51. The topological polar surface area (TPSA) is 17.0 Å². The molecule has 2 heterocycles. The molecule has 0 bridgehead atoms. The molecule has 0 spiro atoms. The predicted molar refractivity (Wildman–Crippen MR) is 164 cm³/mol. The number of hydrogen-bond donors (Lipinski definition) is 0. The lowest BCUT2D eigenvalue weighted by molar-refractivity contribution is -0.660. The standard InChI is InChI=1S/C37H42NO/c1-23-14-19-30(38(9)20-23)31-24(2)15-16-25-26-17-18-29-32(34(26)39-33(25)31)27-12-10-11-13-28(27)37(29,21-35(3,4)5)22-36(6,7)8/h10-20H,21-22H2,1-9H3/q+1. The van der Waals surface area contributed by atoms with Gasteiger partial charge in [0, 0.05) is 33.4 Å². The Balaban J connectivity index is 1.71. The lowest BCUT2D eigenvalue weighted by Gasteiger charge is -2.42. The van der Waals surface area contributed by atoms with Crippen LogP contribution < -0.4 is 4.57 Å². The molecule has 0 N–H and O–H groups in total. The van der Waals surface area contributed by atoms with E-state index >= 15 is 0 Å². The minimum absolute atomic E-state index is 0.0578. The highest BCUT2D eigenvalue weighted by atomic mass is 16.3. The van der Waals surface area contributed by atoms with E-state index in [-0.39, 0.29) is 16.2 Å². The van der Waals surface area contributed by atoms with E-state index in [0.29, 0.717) is 0 Å². The molecular weight excluding hydrogens is 474 g/mol. The molecule has 0 atom stereocenters. The second-order valence-electron chi connectivity index (χ2n) is 14.4. The van der Waals surface area contributed by atoms with Crippen molar-refractivity contribution in [2.45, 2.75) is 73.6 Å². The van der Waals surface area contributed by atoms with Gasteiger partial charge in [0.2, 0.25) is 5.69 Å². The van der Waals surface area contributed by atoms with Crippen molar-refractivity contribution in [2.75, 3.05) is 0 Å². The number of fused-ring (bicyclic) bond motifs is 7. The molecule has 3 aromatic carbocycles. The van der Waals surface area contributed by atoms with Crippen LogP contribution in [0.4, 0.5) is 0 Å². The Bertz CT molecular complexity index is 1740. The van der Waals surface area contributed by atoms with Gasteiger partial charge >= 0.3 is 0 Å². The summed E-state index contributed by atoms with van der Waals surface area (Å²) >= 11 is 0. The van der Waals surface area contributed by atoms with Gasteiger partial charge in [-0.3, -0.25) is 0 Å². The van der Waals surface area contributed by atoms with Crippen LogP contribution in [0.2, 0.25) is 0 Å². The van der Waals surface area contributed by atoms with Gasteiger partial charge in [0.05, 0.1) is 5.56 Å². The highest BCUT2D eigenvalue weighted by Gasteiger charge is 2.48. The van der Waals surface area contributed by atoms with Gasteiger partial charge in [-0.1, -0.05) is 90.1 Å². The van der Waals surface area contributed by atoms with Gasteiger partial charge in [-0.25, -0.2) is 4.57 Å². The van der Waals surface area contributed by atoms with Gasteiger partial charge in [-0.2, -0.15) is 0 Å². The predicted octanol–water partition coefficient (Wildman–Crippen LogP) is 9.83. The van der Waals surface area contributed by atoms with Gasteiger partial charge in [0.25, 0.3) is 0 Å². The van der Waals surface area contributed by atoms with Crippen LogP contribution in [-0.2, 0) is 12.5 Å². The van der Waals surface area contributed by atoms with Gasteiger partial charge < -0.3 is 4.42 Å². The maximum Gasteiger partial charge on any atom is 0.216 e. The van der Waals surface area contributed by atoms with Crippen molar-refractivity contribution in [3.8, 4) is 22.4 Å². The van der Waals surface area contributed by atoms with Gasteiger partial charge in [-0.05, 0) is 65.8 Å². The van der Waals surface area contributed by atoms with Crippen LogP contribution in [0.1, 0.15) is 76.6 Å². The maximum absolute atomic E-state index is 7.04. The Morgan fingerprint density at radius 3 is 1.95 bits per heavy atom. The molecule has 1 aliphatic rings. The van der Waals surface area contributed by atoms with Crippen LogP contribution >= 0.6 is 0 Å². The third kappa shape index (κ3) is 4.11. The summed E-state index contributed by atoms with van der Waals surface area (Å²) in [5.41, 5.74) is 12.7. The zero-order valence-corrected chi connectivity index (χ0v) is 25.1. The number of aromatic nitrogens is 1. The third-order valence-electron chi connectivity index (χ3n) is 8.45. The van der Waals surface area contributed by atoms with Crippen molar-refractivity contribution in [1.82, 2.24) is 0 Å². The van der Waals surface area contributed by atoms with Crippen LogP contribution in [-0.4, -0.2) is 0 Å². The molecule has 1 aliphatic carbocycles. The summed E-state index contributed by atoms with van der Waals surface area (Å²) in [6.45, 7) is 18.6. The maximum atomic E-state index is 7.04. The second-order valence-corrected chi connectivity index (χ2v) is 14.4. The highest BCUT2D eigenvalue weighted by Crippen LogP contribution is 2.60. The lowest BCUT2D eigenvalue weighted by Crippen LogP contribution is -2.35. The molecule has 0 fully saturated rings. The summed E-state index contributed by atoms with van der Waals surface area (Å²) in [5.74, 6) is 0. The van der Waals surface area contributed by atoms with E-state index in [2.05, 4.69) is 134 Å². The van der Waals surface area contributed by atoms with Crippen molar-refractivity contribution >= 4 is 21.9 Å². The summed E-state index contributed by atoms with van der Waals surface area (Å²) in [6.07, 6.45) is 4.38. The molecule has 0 aliphatic heterocycles. The summed E-state index contributed by atoms with van der Waals surface area (Å²) in [5, 5.41) is 2.40. The van der Waals surface area contributed by atoms with Crippen LogP contribution in [0, 0.1) is 24.7 Å². The number of pyridine rings is 1. The second kappa shape index (κ2) is 8.55. The van der Waals surface area contributed by atoms with Crippen molar-refractivity contribution in [3.05, 3.63) is 89.1 Å². The molecule has 0 unspecified atom stereocenters. The van der Waals surface area contributed by atoms with Gasteiger partial charge in [0.15, 0.2) is 6.20 Å². The number of aryl methyl sites for hydroxylation is 3. The van der Waals surface area contributed by atoms with Crippen LogP contribution in [0.15, 0.2) is 71.3 Å². The highest BCUT2D eigenvalue weighted by molar-refractivity contribution is 6.14.